The molecule has 0 aromatic carbocycles. The third kappa shape index (κ3) is 2.60. The van der Waals surface area contributed by atoms with Gasteiger partial charge in [-0.1, -0.05) is 0 Å². The SMILES string of the molecule is CC(C)(C)N1CCN(CCn2ccnc2)C1=N. The van der Waals surface area contributed by atoms with E-state index in [4.69, 9.17) is 5.41 Å². The van der Waals surface area contributed by atoms with Gasteiger partial charge in [0.25, 0.3) is 0 Å². The molecule has 5 nitrogen and oxygen atoms in total. The molecule has 94 valence electrons. The fourth-order valence-electron chi connectivity index (χ4n) is 2.13. The molecule has 0 saturated carbocycles. The molecule has 0 unspecified atom stereocenters. The summed E-state index contributed by atoms with van der Waals surface area (Å²) in [5.41, 5.74) is 0.0425. The van der Waals surface area contributed by atoms with Crippen LogP contribution in [0.25, 0.3) is 0 Å². The number of rotatable bonds is 3. The minimum atomic E-state index is 0.0425. The first-order chi connectivity index (χ1) is 7.98. The van der Waals surface area contributed by atoms with Crippen LogP contribution in [0.4, 0.5) is 0 Å². The maximum Gasteiger partial charge on any atom is 0.194 e. The van der Waals surface area contributed by atoms with Gasteiger partial charge >= 0.3 is 0 Å². The Morgan fingerprint density at radius 2 is 2.06 bits per heavy atom. The number of guanidine groups is 1. The van der Waals surface area contributed by atoms with Gasteiger partial charge in [0.2, 0.25) is 0 Å². The van der Waals surface area contributed by atoms with Gasteiger partial charge in [0, 0.05) is 44.1 Å². The van der Waals surface area contributed by atoms with Gasteiger partial charge in [-0.25, -0.2) is 4.98 Å². The summed E-state index contributed by atoms with van der Waals surface area (Å²) in [5, 5.41) is 8.17. The molecule has 1 N–H and O–H groups in total. The van der Waals surface area contributed by atoms with Crippen molar-refractivity contribution in [3.63, 3.8) is 0 Å². The Balaban J connectivity index is 1.90. The van der Waals surface area contributed by atoms with E-state index in [1.807, 2.05) is 17.1 Å². The highest BCUT2D eigenvalue weighted by atomic mass is 15.4. The summed E-state index contributed by atoms with van der Waals surface area (Å²) in [6, 6.07) is 0. The van der Waals surface area contributed by atoms with Crippen molar-refractivity contribution in [1.82, 2.24) is 19.4 Å². The fourth-order valence-corrected chi connectivity index (χ4v) is 2.13. The smallest absolute Gasteiger partial charge is 0.194 e. The normalized spacial score (nSPS) is 17.0. The minimum absolute atomic E-state index is 0.0425. The van der Waals surface area contributed by atoms with Gasteiger partial charge in [0.15, 0.2) is 5.96 Å². The summed E-state index contributed by atoms with van der Waals surface area (Å²) in [6.07, 6.45) is 5.57. The first-order valence-electron chi connectivity index (χ1n) is 6.05. The lowest BCUT2D eigenvalue weighted by atomic mass is 10.1. The molecular weight excluding hydrogens is 214 g/mol. The maximum absolute atomic E-state index is 8.17. The quantitative estimate of drug-likeness (QED) is 0.857. The second-order valence-corrected chi connectivity index (χ2v) is 5.43. The highest BCUT2D eigenvalue weighted by Gasteiger charge is 2.32. The van der Waals surface area contributed by atoms with Crippen molar-refractivity contribution >= 4 is 5.96 Å². The first kappa shape index (κ1) is 12.0. The van der Waals surface area contributed by atoms with Crippen LogP contribution in [-0.2, 0) is 6.54 Å². The average molecular weight is 235 g/mol. The Hall–Kier alpha value is -1.52. The summed E-state index contributed by atoms with van der Waals surface area (Å²) in [6.45, 7) is 10.1. The molecule has 2 heterocycles. The van der Waals surface area contributed by atoms with Crippen LogP contribution in [-0.4, -0.2) is 50.5 Å². The van der Waals surface area contributed by atoms with Crippen molar-refractivity contribution in [3.8, 4) is 0 Å². The lowest BCUT2D eigenvalue weighted by molar-refractivity contribution is 0.257. The van der Waals surface area contributed by atoms with E-state index < -0.39 is 0 Å². The maximum atomic E-state index is 8.17. The Morgan fingerprint density at radius 3 is 2.59 bits per heavy atom. The molecule has 0 aliphatic carbocycles. The van der Waals surface area contributed by atoms with Crippen LogP contribution in [0.3, 0.4) is 0 Å². The van der Waals surface area contributed by atoms with Crippen molar-refractivity contribution < 1.29 is 0 Å². The van der Waals surface area contributed by atoms with E-state index >= 15 is 0 Å². The zero-order valence-electron chi connectivity index (χ0n) is 10.8. The summed E-state index contributed by atoms with van der Waals surface area (Å²) < 4.78 is 2.05. The number of nitrogens with one attached hydrogen (secondary N) is 1. The number of aromatic nitrogens is 2. The Labute approximate surface area is 103 Å². The van der Waals surface area contributed by atoms with Gasteiger partial charge in [0.05, 0.1) is 6.33 Å². The molecular formula is C12H21N5. The van der Waals surface area contributed by atoms with Crippen molar-refractivity contribution in [2.75, 3.05) is 19.6 Å². The van der Waals surface area contributed by atoms with Gasteiger partial charge in [-0.3, -0.25) is 5.41 Å². The molecule has 0 atom stereocenters. The van der Waals surface area contributed by atoms with E-state index in [2.05, 4.69) is 35.6 Å². The summed E-state index contributed by atoms with van der Waals surface area (Å²) in [7, 11) is 0. The van der Waals surface area contributed by atoms with E-state index in [0.717, 1.165) is 26.2 Å². The predicted molar refractivity (Wildman–Crippen MR) is 68.0 cm³/mol. The van der Waals surface area contributed by atoms with Gasteiger partial charge in [-0.2, -0.15) is 0 Å². The van der Waals surface area contributed by atoms with Gasteiger partial charge in [-0.15, -0.1) is 0 Å². The van der Waals surface area contributed by atoms with E-state index in [0.29, 0.717) is 5.96 Å². The number of hydrogen-bond acceptors (Lipinski definition) is 2. The fraction of sp³-hybridized carbons (Fsp3) is 0.667. The molecule has 1 aliphatic rings. The molecule has 0 radical (unpaired) electrons. The van der Waals surface area contributed by atoms with Crippen LogP contribution in [0.2, 0.25) is 0 Å². The molecule has 0 bridgehead atoms. The number of hydrogen-bond donors (Lipinski definition) is 1. The zero-order valence-corrected chi connectivity index (χ0v) is 10.8. The molecule has 1 aromatic heterocycles. The highest BCUT2D eigenvalue weighted by Crippen LogP contribution is 2.19. The van der Waals surface area contributed by atoms with Crippen molar-refractivity contribution in [2.24, 2.45) is 0 Å². The van der Waals surface area contributed by atoms with Crippen LogP contribution in [0.15, 0.2) is 18.7 Å². The van der Waals surface area contributed by atoms with Crippen LogP contribution in [0, 0.1) is 5.41 Å². The van der Waals surface area contributed by atoms with Gasteiger partial charge < -0.3 is 14.4 Å². The third-order valence-corrected chi connectivity index (χ3v) is 3.15. The average Bonchev–Trinajstić information content (AvgIpc) is 2.83. The van der Waals surface area contributed by atoms with Gasteiger partial charge in [0.1, 0.15) is 0 Å². The topological polar surface area (TPSA) is 48.2 Å². The number of nitrogens with zero attached hydrogens (tertiary/aromatic N) is 4. The Morgan fingerprint density at radius 1 is 1.29 bits per heavy atom. The van der Waals surface area contributed by atoms with Crippen LogP contribution < -0.4 is 0 Å². The zero-order chi connectivity index (χ0) is 12.5. The molecule has 2 rings (SSSR count). The summed E-state index contributed by atoms with van der Waals surface area (Å²) in [5.74, 6) is 0.651. The van der Waals surface area contributed by atoms with Gasteiger partial charge in [-0.05, 0) is 20.8 Å². The molecule has 5 heteroatoms. The predicted octanol–water partition coefficient (Wildman–Crippen LogP) is 1.23. The Kier molecular flexibility index (Phi) is 3.09. The molecule has 1 aromatic rings. The lowest BCUT2D eigenvalue weighted by Crippen LogP contribution is -2.45. The summed E-state index contributed by atoms with van der Waals surface area (Å²) >= 11 is 0. The van der Waals surface area contributed by atoms with E-state index in [1.54, 1.807) is 6.20 Å². The molecule has 1 fully saturated rings. The van der Waals surface area contributed by atoms with Crippen LogP contribution >= 0.6 is 0 Å². The second-order valence-electron chi connectivity index (χ2n) is 5.43. The molecule has 0 amide bonds. The second kappa shape index (κ2) is 4.39. The third-order valence-electron chi connectivity index (χ3n) is 3.15. The van der Waals surface area contributed by atoms with Crippen molar-refractivity contribution in [3.05, 3.63) is 18.7 Å². The molecule has 1 aliphatic heterocycles. The summed E-state index contributed by atoms with van der Waals surface area (Å²) in [4.78, 5) is 8.30. The standard InChI is InChI=1S/C12H21N5/c1-12(2,3)17-9-8-16(11(17)13)7-6-15-5-4-14-10-15/h4-5,10,13H,6-9H2,1-3H3. The van der Waals surface area contributed by atoms with Crippen molar-refractivity contribution in [1.29, 1.82) is 5.41 Å². The van der Waals surface area contributed by atoms with E-state index in [-0.39, 0.29) is 5.54 Å². The van der Waals surface area contributed by atoms with Crippen molar-refractivity contribution in [2.45, 2.75) is 32.9 Å². The highest BCUT2D eigenvalue weighted by molar-refractivity contribution is 5.79. The largest absolute Gasteiger partial charge is 0.339 e. The molecule has 0 spiro atoms. The van der Waals surface area contributed by atoms with E-state index in [9.17, 15) is 0 Å². The first-order valence-corrected chi connectivity index (χ1v) is 6.05. The lowest BCUT2D eigenvalue weighted by Gasteiger charge is -2.33. The molecule has 1 saturated heterocycles. The molecule has 17 heavy (non-hydrogen) atoms. The number of imidazole rings is 1. The van der Waals surface area contributed by atoms with E-state index in [1.165, 1.54) is 0 Å². The van der Waals surface area contributed by atoms with Crippen LogP contribution in [0.5, 0.6) is 0 Å². The Bertz CT molecular complexity index is 376. The minimum Gasteiger partial charge on any atom is -0.339 e. The monoisotopic (exact) mass is 235 g/mol. The van der Waals surface area contributed by atoms with Crippen LogP contribution in [0.1, 0.15) is 20.8 Å².